The van der Waals surface area contributed by atoms with Gasteiger partial charge in [-0.05, 0) is 6.42 Å². The highest BCUT2D eigenvalue weighted by Gasteiger charge is 2.23. The van der Waals surface area contributed by atoms with E-state index in [0.29, 0.717) is 37.5 Å². The van der Waals surface area contributed by atoms with Crippen molar-refractivity contribution in [1.29, 1.82) is 0 Å². The van der Waals surface area contributed by atoms with E-state index >= 15 is 0 Å². The van der Waals surface area contributed by atoms with Gasteiger partial charge in [0.2, 0.25) is 5.95 Å². The van der Waals surface area contributed by atoms with E-state index in [2.05, 4.69) is 25.0 Å². The summed E-state index contributed by atoms with van der Waals surface area (Å²) in [6.07, 6.45) is 4.38. The Morgan fingerprint density at radius 2 is 1.86 bits per heavy atom. The quantitative estimate of drug-likeness (QED) is 0.825. The molecule has 4 heterocycles. The van der Waals surface area contributed by atoms with Crippen molar-refractivity contribution in [1.82, 2.24) is 20.1 Å². The molecule has 0 N–H and O–H groups in total. The van der Waals surface area contributed by atoms with Gasteiger partial charge in [-0.1, -0.05) is 5.16 Å². The van der Waals surface area contributed by atoms with Crippen LogP contribution in [0.4, 0.5) is 5.95 Å². The summed E-state index contributed by atoms with van der Waals surface area (Å²) in [5.74, 6) is 2.09. The Morgan fingerprint density at radius 1 is 1.05 bits per heavy atom. The monoisotopic (exact) mass is 303 g/mol. The predicted molar refractivity (Wildman–Crippen MR) is 76.5 cm³/mol. The highest BCUT2D eigenvalue weighted by atomic mass is 16.5. The lowest BCUT2D eigenvalue weighted by Crippen LogP contribution is -2.37. The summed E-state index contributed by atoms with van der Waals surface area (Å²) < 4.78 is 16.0. The van der Waals surface area contributed by atoms with Crippen LogP contribution < -0.4 is 4.90 Å². The summed E-state index contributed by atoms with van der Waals surface area (Å²) in [7, 11) is 0. The van der Waals surface area contributed by atoms with Gasteiger partial charge in [0.05, 0.1) is 25.4 Å². The van der Waals surface area contributed by atoms with E-state index in [-0.39, 0.29) is 5.92 Å². The van der Waals surface area contributed by atoms with E-state index in [4.69, 9.17) is 14.0 Å². The van der Waals surface area contributed by atoms with Crippen molar-refractivity contribution in [3.63, 3.8) is 0 Å². The minimum Gasteiger partial charge on any atom is -0.381 e. The number of hydrogen-bond donors (Lipinski definition) is 0. The van der Waals surface area contributed by atoms with Crippen LogP contribution in [-0.2, 0) is 9.47 Å². The van der Waals surface area contributed by atoms with Crippen molar-refractivity contribution >= 4 is 5.95 Å². The Bertz CT molecular complexity index is 618. The van der Waals surface area contributed by atoms with Gasteiger partial charge in [-0.3, -0.25) is 0 Å². The molecule has 8 heteroatoms. The largest absolute Gasteiger partial charge is 0.381 e. The Labute approximate surface area is 127 Å². The van der Waals surface area contributed by atoms with E-state index in [1.807, 2.05) is 0 Å². The average molecular weight is 303 g/mol. The summed E-state index contributed by atoms with van der Waals surface area (Å²) in [5, 5.41) is 4.04. The first-order valence-corrected chi connectivity index (χ1v) is 7.46. The molecule has 0 spiro atoms. The fourth-order valence-electron chi connectivity index (χ4n) is 2.61. The summed E-state index contributed by atoms with van der Waals surface area (Å²) in [6.45, 7) is 4.46. The molecule has 0 saturated carbocycles. The van der Waals surface area contributed by atoms with Crippen molar-refractivity contribution in [3.8, 4) is 11.5 Å². The van der Waals surface area contributed by atoms with Crippen LogP contribution in [0.5, 0.6) is 0 Å². The molecule has 0 radical (unpaired) electrons. The maximum atomic E-state index is 5.35. The standard InChI is InChI=1S/C14H17N5O3/c1-4-21-9-10(1)12-17-13(22-18-12)11-7-15-14(16-8-11)19-2-5-20-6-3-19/h7-8,10H,1-6,9H2/t10-/m0/s1. The Kier molecular flexibility index (Phi) is 3.69. The van der Waals surface area contributed by atoms with Gasteiger partial charge in [0.25, 0.3) is 5.89 Å². The fourth-order valence-corrected chi connectivity index (χ4v) is 2.61. The zero-order valence-electron chi connectivity index (χ0n) is 12.1. The molecule has 0 bridgehead atoms. The molecule has 8 nitrogen and oxygen atoms in total. The lowest BCUT2D eigenvalue weighted by molar-refractivity contribution is 0.122. The second kappa shape index (κ2) is 5.98. The molecule has 0 amide bonds. The third kappa shape index (κ3) is 2.67. The molecule has 22 heavy (non-hydrogen) atoms. The van der Waals surface area contributed by atoms with E-state index in [1.165, 1.54) is 0 Å². The number of nitrogens with zero attached hydrogens (tertiary/aromatic N) is 5. The fraction of sp³-hybridized carbons (Fsp3) is 0.571. The molecule has 2 saturated heterocycles. The summed E-state index contributed by atoms with van der Waals surface area (Å²) in [6, 6.07) is 0. The van der Waals surface area contributed by atoms with Crippen molar-refractivity contribution in [2.45, 2.75) is 12.3 Å². The van der Waals surface area contributed by atoms with Crippen molar-refractivity contribution < 1.29 is 14.0 Å². The van der Waals surface area contributed by atoms with Crippen LogP contribution in [0, 0.1) is 0 Å². The highest BCUT2D eigenvalue weighted by Crippen LogP contribution is 2.25. The van der Waals surface area contributed by atoms with E-state index in [0.717, 1.165) is 31.7 Å². The Balaban J connectivity index is 1.50. The molecular weight excluding hydrogens is 286 g/mol. The van der Waals surface area contributed by atoms with Crippen LogP contribution in [0.3, 0.4) is 0 Å². The molecule has 1 atom stereocenters. The molecule has 0 aliphatic carbocycles. The van der Waals surface area contributed by atoms with Gasteiger partial charge < -0.3 is 18.9 Å². The molecule has 2 aromatic rings. The van der Waals surface area contributed by atoms with Gasteiger partial charge in [-0.15, -0.1) is 0 Å². The molecule has 4 rings (SSSR count). The molecule has 2 aliphatic heterocycles. The minimum atomic E-state index is 0.228. The summed E-state index contributed by atoms with van der Waals surface area (Å²) in [4.78, 5) is 15.3. The third-order valence-electron chi connectivity index (χ3n) is 3.92. The third-order valence-corrected chi connectivity index (χ3v) is 3.92. The number of anilines is 1. The van der Waals surface area contributed by atoms with Crippen LogP contribution >= 0.6 is 0 Å². The van der Waals surface area contributed by atoms with E-state index in [9.17, 15) is 0 Å². The summed E-state index contributed by atoms with van der Waals surface area (Å²) >= 11 is 0. The topological polar surface area (TPSA) is 86.4 Å². The van der Waals surface area contributed by atoms with Crippen LogP contribution in [0.25, 0.3) is 11.5 Å². The first-order valence-electron chi connectivity index (χ1n) is 7.46. The lowest BCUT2D eigenvalue weighted by Gasteiger charge is -2.26. The lowest BCUT2D eigenvalue weighted by atomic mass is 10.1. The first-order chi connectivity index (χ1) is 10.9. The maximum Gasteiger partial charge on any atom is 0.261 e. The van der Waals surface area contributed by atoms with Crippen molar-refractivity contribution in [2.75, 3.05) is 44.4 Å². The minimum absolute atomic E-state index is 0.228. The summed E-state index contributed by atoms with van der Waals surface area (Å²) in [5.41, 5.74) is 0.731. The Morgan fingerprint density at radius 3 is 2.59 bits per heavy atom. The van der Waals surface area contributed by atoms with Gasteiger partial charge in [0, 0.05) is 38.0 Å². The molecule has 2 aliphatic rings. The molecular formula is C14H17N5O3. The second-order valence-electron chi connectivity index (χ2n) is 5.39. The number of hydrogen-bond acceptors (Lipinski definition) is 8. The number of morpholine rings is 1. The SMILES string of the molecule is c1nc(N2CCOCC2)ncc1-c1nc([C@H]2CCOC2)no1. The number of ether oxygens (including phenoxy) is 2. The maximum absolute atomic E-state index is 5.35. The predicted octanol–water partition coefficient (Wildman–Crippen LogP) is 0.867. The van der Waals surface area contributed by atoms with Crippen molar-refractivity contribution in [2.24, 2.45) is 0 Å². The van der Waals surface area contributed by atoms with Crippen LogP contribution in [0.1, 0.15) is 18.2 Å². The molecule has 0 aromatic carbocycles. The van der Waals surface area contributed by atoms with Gasteiger partial charge in [0.1, 0.15) is 0 Å². The van der Waals surface area contributed by atoms with Crippen molar-refractivity contribution in [3.05, 3.63) is 18.2 Å². The van der Waals surface area contributed by atoms with Gasteiger partial charge >= 0.3 is 0 Å². The molecule has 2 aromatic heterocycles. The highest BCUT2D eigenvalue weighted by molar-refractivity contribution is 5.51. The van der Waals surface area contributed by atoms with Gasteiger partial charge in [0.15, 0.2) is 5.82 Å². The smallest absolute Gasteiger partial charge is 0.261 e. The zero-order chi connectivity index (χ0) is 14.8. The molecule has 0 unspecified atom stereocenters. The van der Waals surface area contributed by atoms with Gasteiger partial charge in [-0.25, -0.2) is 9.97 Å². The normalized spacial score (nSPS) is 22.2. The second-order valence-corrected chi connectivity index (χ2v) is 5.39. The Hall–Kier alpha value is -2.06. The number of rotatable bonds is 3. The van der Waals surface area contributed by atoms with Crippen LogP contribution in [-0.4, -0.2) is 59.6 Å². The average Bonchev–Trinajstić information content (AvgIpc) is 3.27. The van der Waals surface area contributed by atoms with E-state index in [1.54, 1.807) is 12.4 Å². The zero-order valence-corrected chi connectivity index (χ0v) is 12.1. The molecule has 116 valence electrons. The van der Waals surface area contributed by atoms with Gasteiger partial charge in [-0.2, -0.15) is 4.98 Å². The van der Waals surface area contributed by atoms with Crippen LogP contribution in [0.15, 0.2) is 16.9 Å². The first kappa shape index (κ1) is 13.6. The van der Waals surface area contributed by atoms with Crippen LogP contribution in [0.2, 0.25) is 0 Å². The number of aromatic nitrogens is 4. The molecule has 2 fully saturated rings. The van der Waals surface area contributed by atoms with E-state index < -0.39 is 0 Å².